The average molecular weight is 270 g/mol. The SMILES string of the molecule is CCNc1cc(NCc2ccccc2)nc(C(C)C)n1. The molecule has 0 saturated carbocycles. The molecular weight excluding hydrogens is 248 g/mol. The van der Waals surface area contributed by atoms with Crippen LogP contribution in [0, 0.1) is 0 Å². The Hall–Kier alpha value is -2.10. The van der Waals surface area contributed by atoms with Crippen molar-refractivity contribution in [3.05, 3.63) is 47.8 Å². The zero-order valence-corrected chi connectivity index (χ0v) is 12.4. The molecule has 0 aliphatic heterocycles. The largest absolute Gasteiger partial charge is 0.370 e. The van der Waals surface area contributed by atoms with Gasteiger partial charge in [0.15, 0.2) is 0 Å². The summed E-state index contributed by atoms with van der Waals surface area (Å²) in [4.78, 5) is 9.08. The van der Waals surface area contributed by atoms with E-state index >= 15 is 0 Å². The van der Waals surface area contributed by atoms with Gasteiger partial charge in [-0.2, -0.15) is 0 Å². The summed E-state index contributed by atoms with van der Waals surface area (Å²) in [7, 11) is 0. The third kappa shape index (κ3) is 3.95. The Labute approximate surface area is 120 Å². The first-order chi connectivity index (χ1) is 9.69. The van der Waals surface area contributed by atoms with E-state index in [1.54, 1.807) is 0 Å². The monoisotopic (exact) mass is 270 g/mol. The second-order valence-corrected chi connectivity index (χ2v) is 5.02. The third-order valence-corrected chi connectivity index (χ3v) is 2.93. The first kappa shape index (κ1) is 14.3. The minimum absolute atomic E-state index is 0.311. The van der Waals surface area contributed by atoms with Gasteiger partial charge < -0.3 is 10.6 Å². The van der Waals surface area contributed by atoms with Crippen LogP contribution in [0.25, 0.3) is 0 Å². The summed E-state index contributed by atoms with van der Waals surface area (Å²) >= 11 is 0. The molecule has 0 unspecified atom stereocenters. The maximum absolute atomic E-state index is 4.57. The van der Waals surface area contributed by atoms with Gasteiger partial charge in [-0.05, 0) is 12.5 Å². The molecule has 1 heterocycles. The van der Waals surface area contributed by atoms with Crippen molar-refractivity contribution in [1.82, 2.24) is 9.97 Å². The maximum atomic E-state index is 4.57. The Morgan fingerprint density at radius 2 is 1.65 bits per heavy atom. The van der Waals surface area contributed by atoms with Crippen LogP contribution in [-0.4, -0.2) is 16.5 Å². The third-order valence-electron chi connectivity index (χ3n) is 2.93. The Morgan fingerprint density at radius 1 is 1.00 bits per heavy atom. The molecule has 0 bridgehead atoms. The molecule has 0 fully saturated rings. The summed E-state index contributed by atoms with van der Waals surface area (Å²) in [5.41, 5.74) is 1.24. The average Bonchev–Trinajstić information content (AvgIpc) is 2.46. The number of rotatable bonds is 6. The second-order valence-electron chi connectivity index (χ2n) is 5.02. The molecule has 0 radical (unpaired) electrons. The first-order valence-electron chi connectivity index (χ1n) is 7.09. The summed E-state index contributed by atoms with van der Waals surface area (Å²) < 4.78 is 0. The van der Waals surface area contributed by atoms with Crippen molar-refractivity contribution in [2.45, 2.75) is 33.2 Å². The zero-order chi connectivity index (χ0) is 14.4. The lowest BCUT2D eigenvalue weighted by molar-refractivity contribution is 0.775. The van der Waals surface area contributed by atoms with Crippen molar-refractivity contribution >= 4 is 11.6 Å². The van der Waals surface area contributed by atoms with Crippen LogP contribution >= 0.6 is 0 Å². The lowest BCUT2D eigenvalue weighted by atomic mass is 10.2. The highest BCUT2D eigenvalue weighted by molar-refractivity contribution is 5.48. The molecule has 4 heteroatoms. The van der Waals surface area contributed by atoms with E-state index in [1.807, 2.05) is 24.3 Å². The van der Waals surface area contributed by atoms with Gasteiger partial charge in [-0.1, -0.05) is 44.2 Å². The quantitative estimate of drug-likeness (QED) is 0.841. The van der Waals surface area contributed by atoms with Crippen LogP contribution in [0.2, 0.25) is 0 Å². The topological polar surface area (TPSA) is 49.8 Å². The molecule has 20 heavy (non-hydrogen) atoms. The van der Waals surface area contributed by atoms with Gasteiger partial charge in [0.25, 0.3) is 0 Å². The molecule has 0 spiro atoms. The van der Waals surface area contributed by atoms with Gasteiger partial charge in [0, 0.05) is 25.1 Å². The van der Waals surface area contributed by atoms with Crippen molar-refractivity contribution < 1.29 is 0 Å². The standard InChI is InChI=1S/C16H22N4/c1-4-17-14-10-15(20-16(19-14)12(2)3)18-11-13-8-6-5-7-9-13/h5-10,12H,4,11H2,1-3H3,(H2,17,18,19,20). The number of benzene rings is 1. The van der Waals surface area contributed by atoms with Gasteiger partial charge in [0.05, 0.1) is 0 Å². The Kier molecular flexibility index (Phi) is 4.93. The Bertz CT molecular complexity index is 537. The molecule has 0 aliphatic carbocycles. The molecule has 0 amide bonds. The van der Waals surface area contributed by atoms with Gasteiger partial charge >= 0.3 is 0 Å². The fraction of sp³-hybridized carbons (Fsp3) is 0.375. The summed E-state index contributed by atoms with van der Waals surface area (Å²) in [5.74, 6) is 2.91. The van der Waals surface area contributed by atoms with E-state index in [1.165, 1.54) is 5.56 Å². The molecule has 0 aliphatic rings. The number of hydrogen-bond acceptors (Lipinski definition) is 4. The predicted molar refractivity (Wildman–Crippen MR) is 84.1 cm³/mol. The van der Waals surface area contributed by atoms with Crippen molar-refractivity contribution in [3.63, 3.8) is 0 Å². The lowest BCUT2D eigenvalue weighted by Crippen LogP contribution is -2.09. The highest BCUT2D eigenvalue weighted by Gasteiger charge is 2.07. The van der Waals surface area contributed by atoms with Crippen molar-refractivity contribution in [1.29, 1.82) is 0 Å². The zero-order valence-electron chi connectivity index (χ0n) is 12.4. The molecule has 4 nitrogen and oxygen atoms in total. The minimum Gasteiger partial charge on any atom is -0.370 e. The lowest BCUT2D eigenvalue weighted by Gasteiger charge is -2.12. The van der Waals surface area contributed by atoms with Gasteiger partial charge in [-0.3, -0.25) is 0 Å². The summed E-state index contributed by atoms with van der Waals surface area (Å²) in [5, 5.41) is 6.61. The smallest absolute Gasteiger partial charge is 0.135 e. The van der Waals surface area contributed by atoms with Crippen molar-refractivity contribution in [2.75, 3.05) is 17.2 Å². The fourth-order valence-electron chi connectivity index (χ4n) is 1.87. The molecule has 2 rings (SSSR count). The number of aromatic nitrogens is 2. The van der Waals surface area contributed by atoms with Crippen molar-refractivity contribution in [3.8, 4) is 0 Å². The molecule has 106 valence electrons. The highest BCUT2D eigenvalue weighted by atomic mass is 15.1. The molecular formula is C16H22N4. The van der Waals surface area contributed by atoms with Crippen LogP contribution in [0.5, 0.6) is 0 Å². The van der Waals surface area contributed by atoms with Gasteiger partial charge in [0.2, 0.25) is 0 Å². The Balaban J connectivity index is 2.13. The van der Waals surface area contributed by atoms with E-state index < -0.39 is 0 Å². The minimum atomic E-state index is 0.311. The van der Waals surface area contributed by atoms with Crippen molar-refractivity contribution in [2.24, 2.45) is 0 Å². The van der Waals surface area contributed by atoms with E-state index in [-0.39, 0.29) is 0 Å². The maximum Gasteiger partial charge on any atom is 0.135 e. The van der Waals surface area contributed by atoms with Crippen LogP contribution < -0.4 is 10.6 Å². The number of hydrogen-bond donors (Lipinski definition) is 2. The van der Waals surface area contributed by atoms with Crippen LogP contribution in [0.3, 0.4) is 0 Å². The fourth-order valence-corrected chi connectivity index (χ4v) is 1.87. The van der Waals surface area contributed by atoms with E-state index in [0.29, 0.717) is 5.92 Å². The van der Waals surface area contributed by atoms with Gasteiger partial charge in [-0.25, -0.2) is 9.97 Å². The van der Waals surface area contributed by atoms with Gasteiger partial charge in [-0.15, -0.1) is 0 Å². The van der Waals surface area contributed by atoms with Crippen LogP contribution in [-0.2, 0) is 6.54 Å². The summed E-state index contributed by atoms with van der Waals surface area (Å²) in [6.07, 6.45) is 0. The molecule has 0 saturated heterocycles. The van der Waals surface area contributed by atoms with E-state index in [0.717, 1.165) is 30.5 Å². The molecule has 2 aromatic rings. The normalized spacial score (nSPS) is 10.6. The van der Waals surface area contributed by atoms with Gasteiger partial charge in [0.1, 0.15) is 17.5 Å². The number of nitrogens with one attached hydrogen (secondary N) is 2. The number of nitrogens with zero attached hydrogens (tertiary/aromatic N) is 2. The summed E-state index contributed by atoms with van der Waals surface area (Å²) in [6, 6.07) is 12.3. The molecule has 1 aromatic heterocycles. The predicted octanol–water partition coefficient (Wildman–Crippen LogP) is 3.64. The molecule has 2 N–H and O–H groups in total. The highest BCUT2D eigenvalue weighted by Crippen LogP contribution is 2.17. The van der Waals surface area contributed by atoms with E-state index in [2.05, 4.69) is 53.5 Å². The first-order valence-corrected chi connectivity index (χ1v) is 7.09. The van der Waals surface area contributed by atoms with Crippen LogP contribution in [0.1, 0.15) is 38.1 Å². The van der Waals surface area contributed by atoms with E-state index in [4.69, 9.17) is 0 Å². The van der Waals surface area contributed by atoms with Crippen LogP contribution in [0.4, 0.5) is 11.6 Å². The Morgan fingerprint density at radius 3 is 2.25 bits per heavy atom. The summed E-state index contributed by atoms with van der Waals surface area (Å²) in [6.45, 7) is 7.89. The molecule has 0 atom stereocenters. The second kappa shape index (κ2) is 6.89. The van der Waals surface area contributed by atoms with Crippen LogP contribution in [0.15, 0.2) is 36.4 Å². The number of anilines is 2. The molecule has 1 aromatic carbocycles. The van der Waals surface area contributed by atoms with E-state index in [9.17, 15) is 0 Å².